The Kier molecular flexibility index (Phi) is 9.65. The van der Waals surface area contributed by atoms with Gasteiger partial charge in [0.05, 0.1) is 4.34 Å². The van der Waals surface area contributed by atoms with E-state index in [1.165, 1.54) is 17.7 Å². The van der Waals surface area contributed by atoms with Gasteiger partial charge >= 0.3 is 0 Å². The molecule has 0 radical (unpaired) electrons. The Bertz CT molecular complexity index is 633. The zero-order valence-electron chi connectivity index (χ0n) is 15.9. The van der Waals surface area contributed by atoms with Gasteiger partial charge in [0.2, 0.25) is 5.91 Å². The highest BCUT2D eigenvalue weighted by atomic mass is 127. The molecule has 1 aliphatic carbocycles. The minimum absolute atomic E-state index is 0. The predicted octanol–water partition coefficient (Wildman–Crippen LogP) is 3.91. The maximum Gasteiger partial charge on any atom is 0.225 e. The van der Waals surface area contributed by atoms with Crippen molar-refractivity contribution in [3.05, 3.63) is 21.3 Å². The van der Waals surface area contributed by atoms with Crippen molar-refractivity contribution in [1.29, 1.82) is 0 Å². The second-order valence-electron chi connectivity index (χ2n) is 7.11. The van der Waals surface area contributed by atoms with E-state index in [1.807, 2.05) is 11.0 Å². The van der Waals surface area contributed by atoms with Crippen LogP contribution in [0.25, 0.3) is 0 Å². The second-order valence-corrected chi connectivity index (χ2v) is 8.91. The molecule has 2 heterocycles. The predicted molar refractivity (Wildman–Crippen MR) is 125 cm³/mol. The van der Waals surface area contributed by atoms with Crippen molar-refractivity contribution in [2.75, 3.05) is 26.2 Å². The lowest BCUT2D eigenvalue weighted by Gasteiger charge is -2.21. The van der Waals surface area contributed by atoms with Gasteiger partial charge in [0.1, 0.15) is 0 Å². The van der Waals surface area contributed by atoms with Crippen molar-refractivity contribution in [1.82, 2.24) is 15.5 Å². The molecule has 3 rings (SSSR count). The second kappa shape index (κ2) is 11.5. The summed E-state index contributed by atoms with van der Waals surface area (Å²) in [6, 6.07) is 4.28. The number of carbonyl (C=O) groups is 1. The Hall–Kier alpha value is -0.540. The Morgan fingerprint density at radius 1 is 1.33 bits per heavy atom. The quantitative estimate of drug-likeness (QED) is 0.337. The third-order valence-electron chi connectivity index (χ3n) is 5.15. The Morgan fingerprint density at radius 3 is 2.78 bits per heavy atom. The van der Waals surface area contributed by atoms with E-state index < -0.39 is 0 Å². The molecular weight excluding hydrogens is 495 g/mol. The van der Waals surface area contributed by atoms with Crippen molar-refractivity contribution in [2.24, 2.45) is 10.9 Å². The summed E-state index contributed by atoms with van der Waals surface area (Å²) < 4.78 is 0.826. The fraction of sp³-hybridized carbons (Fsp3) is 0.684. The van der Waals surface area contributed by atoms with Gasteiger partial charge in [-0.15, -0.1) is 35.3 Å². The zero-order valence-corrected chi connectivity index (χ0v) is 19.8. The molecule has 1 aromatic heterocycles. The van der Waals surface area contributed by atoms with E-state index in [1.54, 1.807) is 11.3 Å². The number of hydrogen-bond donors (Lipinski definition) is 2. The molecule has 2 fully saturated rings. The first-order valence-corrected chi connectivity index (χ1v) is 10.9. The van der Waals surface area contributed by atoms with E-state index in [2.05, 4.69) is 28.6 Å². The number of guanidine groups is 1. The van der Waals surface area contributed by atoms with Crippen LogP contribution in [0.4, 0.5) is 0 Å². The summed E-state index contributed by atoms with van der Waals surface area (Å²) >= 11 is 7.59. The van der Waals surface area contributed by atoms with E-state index in [9.17, 15) is 4.79 Å². The number of halogens is 2. The molecule has 1 amide bonds. The first kappa shape index (κ1) is 22.7. The van der Waals surface area contributed by atoms with Crippen LogP contribution in [-0.2, 0) is 11.2 Å². The first-order chi connectivity index (χ1) is 12.7. The van der Waals surface area contributed by atoms with Gasteiger partial charge in [-0.2, -0.15) is 0 Å². The monoisotopic (exact) mass is 524 g/mol. The molecule has 1 aromatic rings. The lowest BCUT2D eigenvalue weighted by atomic mass is 10.1. The molecule has 5 nitrogen and oxygen atoms in total. The van der Waals surface area contributed by atoms with Gasteiger partial charge in [-0.3, -0.25) is 9.79 Å². The van der Waals surface area contributed by atoms with E-state index in [0.717, 1.165) is 62.2 Å². The van der Waals surface area contributed by atoms with Crippen LogP contribution < -0.4 is 10.6 Å². The van der Waals surface area contributed by atoms with Gasteiger partial charge in [-0.25, -0.2) is 0 Å². The van der Waals surface area contributed by atoms with Gasteiger partial charge in [0.25, 0.3) is 0 Å². The smallest absolute Gasteiger partial charge is 0.225 e. The van der Waals surface area contributed by atoms with E-state index in [0.29, 0.717) is 5.91 Å². The van der Waals surface area contributed by atoms with Gasteiger partial charge in [0.15, 0.2) is 5.96 Å². The van der Waals surface area contributed by atoms with Crippen LogP contribution in [0, 0.1) is 5.92 Å². The molecule has 8 heteroatoms. The maximum atomic E-state index is 12.6. The van der Waals surface area contributed by atoms with Crippen LogP contribution in [0.5, 0.6) is 0 Å². The summed E-state index contributed by atoms with van der Waals surface area (Å²) in [6.07, 6.45) is 6.44. The summed E-state index contributed by atoms with van der Waals surface area (Å²) in [4.78, 5) is 20.6. The summed E-state index contributed by atoms with van der Waals surface area (Å²) in [5.41, 5.74) is 0. The standard InChI is InChI=1S/C19H29ClN4OS.HI/c1-2-21-19(22-11-9-16-7-8-17(20)26-16)23-15-10-12-24(13-15)18(25)14-5-3-4-6-14;/h7-8,14-15H,2-6,9-13H2,1H3,(H2,21,22,23);1H. The van der Waals surface area contributed by atoms with Crippen LogP contribution in [0.15, 0.2) is 17.1 Å². The number of thiophene rings is 1. The molecule has 1 aliphatic heterocycles. The molecule has 0 bridgehead atoms. The fourth-order valence-electron chi connectivity index (χ4n) is 3.79. The zero-order chi connectivity index (χ0) is 18.4. The topological polar surface area (TPSA) is 56.7 Å². The summed E-state index contributed by atoms with van der Waals surface area (Å²) in [5, 5.41) is 6.82. The van der Waals surface area contributed by atoms with Gasteiger partial charge < -0.3 is 15.5 Å². The lowest BCUT2D eigenvalue weighted by Crippen LogP contribution is -2.45. The van der Waals surface area contributed by atoms with Crippen LogP contribution in [0.1, 0.15) is 43.9 Å². The largest absolute Gasteiger partial charge is 0.357 e. The van der Waals surface area contributed by atoms with Crippen LogP contribution in [0.2, 0.25) is 4.34 Å². The number of likely N-dealkylation sites (tertiary alicyclic amines) is 1. The third-order valence-corrected chi connectivity index (χ3v) is 6.44. The number of rotatable bonds is 6. The average Bonchev–Trinajstić information content (AvgIpc) is 3.36. The van der Waals surface area contributed by atoms with E-state index in [4.69, 9.17) is 11.6 Å². The normalized spacial score (nSPS) is 20.6. The molecule has 1 saturated heterocycles. The fourth-order valence-corrected chi connectivity index (χ4v) is 4.86. The Balaban J connectivity index is 0.00000261. The molecule has 2 aliphatic rings. The van der Waals surface area contributed by atoms with E-state index >= 15 is 0 Å². The number of nitrogens with one attached hydrogen (secondary N) is 2. The molecule has 152 valence electrons. The van der Waals surface area contributed by atoms with Crippen LogP contribution in [0.3, 0.4) is 0 Å². The molecule has 1 unspecified atom stereocenters. The molecule has 2 N–H and O–H groups in total. The molecule has 27 heavy (non-hydrogen) atoms. The van der Waals surface area contributed by atoms with Crippen molar-refractivity contribution in [3.8, 4) is 0 Å². The Morgan fingerprint density at radius 2 is 2.11 bits per heavy atom. The number of nitrogens with zero attached hydrogens (tertiary/aromatic N) is 2. The Labute approximate surface area is 188 Å². The first-order valence-electron chi connectivity index (χ1n) is 9.73. The maximum absolute atomic E-state index is 12.6. The van der Waals surface area contributed by atoms with Crippen molar-refractivity contribution >= 4 is 58.8 Å². The van der Waals surface area contributed by atoms with Gasteiger partial charge in [0, 0.05) is 49.4 Å². The molecule has 1 saturated carbocycles. The molecule has 0 spiro atoms. The number of carbonyl (C=O) groups excluding carboxylic acids is 1. The third kappa shape index (κ3) is 6.78. The highest BCUT2D eigenvalue weighted by molar-refractivity contribution is 14.0. The van der Waals surface area contributed by atoms with Crippen LogP contribution >= 0.6 is 46.9 Å². The summed E-state index contributed by atoms with van der Waals surface area (Å²) in [7, 11) is 0. The van der Waals surface area contributed by atoms with E-state index in [-0.39, 0.29) is 35.9 Å². The van der Waals surface area contributed by atoms with Crippen molar-refractivity contribution in [2.45, 2.75) is 51.5 Å². The van der Waals surface area contributed by atoms with Gasteiger partial charge in [-0.05, 0) is 38.3 Å². The minimum Gasteiger partial charge on any atom is -0.357 e. The number of hydrogen-bond acceptors (Lipinski definition) is 3. The average molecular weight is 525 g/mol. The number of aliphatic imine (C=N–C) groups is 1. The summed E-state index contributed by atoms with van der Waals surface area (Å²) in [6.45, 7) is 5.28. The lowest BCUT2D eigenvalue weighted by molar-refractivity contribution is -0.134. The minimum atomic E-state index is 0. The van der Waals surface area contributed by atoms with Crippen molar-refractivity contribution < 1.29 is 4.79 Å². The SMILES string of the molecule is CCNC(=NCCc1ccc(Cl)s1)NC1CCN(C(=O)C2CCCC2)C1.I. The van der Waals surface area contributed by atoms with Crippen molar-refractivity contribution in [3.63, 3.8) is 0 Å². The van der Waals surface area contributed by atoms with Gasteiger partial charge in [-0.1, -0.05) is 24.4 Å². The van der Waals surface area contributed by atoms with Crippen LogP contribution in [-0.4, -0.2) is 49.0 Å². The molecule has 0 aromatic carbocycles. The highest BCUT2D eigenvalue weighted by Crippen LogP contribution is 2.27. The highest BCUT2D eigenvalue weighted by Gasteiger charge is 2.32. The molecule has 1 atom stereocenters. The molecular formula is C19H30ClIN4OS. The summed E-state index contributed by atoms with van der Waals surface area (Å²) in [5.74, 6) is 1.48. The number of amides is 1.